The minimum atomic E-state index is 0.592. The van der Waals surface area contributed by atoms with Gasteiger partial charge in [0.2, 0.25) is 0 Å². The Hall–Kier alpha value is -2.35. The molecule has 3 rings (SSSR count). The van der Waals surface area contributed by atoms with Crippen LogP contribution in [0.25, 0.3) is 10.9 Å². The number of fused-ring (bicyclic) bond motifs is 1. The molecule has 0 amide bonds. The van der Waals surface area contributed by atoms with Crippen molar-refractivity contribution in [1.29, 1.82) is 5.41 Å². The number of benzene rings is 2. The van der Waals surface area contributed by atoms with E-state index in [1.54, 1.807) is 0 Å². The van der Waals surface area contributed by atoms with Gasteiger partial charge in [0.1, 0.15) is 0 Å². The SMILES string of the molecule is Cc1c(C(=N)c2ccccc2)c2ccccc2n1C. The number of rotatable bonds is 2. The van der Waals surface area contributed by atoms with Crippen LogP contribution in [0.5, 0.6) is 0 Å². The van der Waals surface area contributed by atoms with Crippen LogP contribution in [0, 0.1) is 12.3 Å². The number of nitrogens with zero attached hydrogens (tertiary/aromatic N) is 1. The third kappa shape index (κ3) is 1.76. The van der Waals surface area contributed by atoms with Crippen molar-refractivity contribution in [3.8, 4) is 0 Å². The van der Waals surface area contributed by atoms with Gasteiger partial charge in [-0.05, 0) is 13.0 Å². The fourth-order valence-corrected chi connectivity index (χ4v) is 2.59. The number of aryl methyl sites for hydroxylation is 1. The van der Waals surface area contributed by atoms with Crippen molar-refractivity contribution in [3.05, 3.63) is 71.4 Å². The Kier molecular flexibility index (Phi) is 2.71. The molecule has 0 fully saturated rings. The van der Waals surface area contributed by atoms with Gasteiger partial charge in [-0.25, -0.2) is 0 Å². The lowest BCUT2D eigenvalue weighted by Crippen LogP contribution is -2.03. The van der Waals surface area contributed by atoms with Crippen LogP contribution in [-0.2, 0) is 7.05 Å². The molecule has 0 atom stereocenters. The number of hydrogen-bond acceptors (Lipinski definition) is 1. The average molecular weight is 248 g/mol. The van der Waals surface area contributed by atoms with Crippen LogP contribution < -0.4 is 0 Å². The Bertz CT molecular complexity index is 752. The summed E-state index contributed by atoms with van der Waals surface area (Å²) >= 11 is 0. The first-order valence-corrected chi connectivity index (χ1v) is 6.38. The molecule has 0 bridgehead atoms. The Morgan fingerprint density at radius 2 is 1.58 bits per heavy atom. The van der Waals surface area contributed by atoms with Crippen molar-refractivity contribution in [3.63, 3.8) is 0 Å². The van der Waals surface area contributed by atoms with Gasteiger partial charge in [-0.15, -0.1) is 0 Å². The van der Waals surface area contributed by atoms with Crippen molar-refractivity contribution >= 4 is 16.6 Å². The van der Waals surface area contributed by atoms with Gasteiger partial charge in [-0.2, -0.15) is 0 Å². The largest absolute Gasteiger partial charge is 0.347 e. The molecule has 1 heterocycles. The van der Waals surface area contributed by atoms with Crippen LogP contribution >= 0.6 is 0 Å². The van der Waals surface area contributed by atoms with Crippen molar-refractivity contribution in [2.24, 2.45) is 7.05 Å². The molecule has 1 N–H and O–H groups in total. The van der Waals surface area contributed by atoms with E-state index >= 15 is 0 Å². The van der Waals surface area contributed by atoms with Gasteiger partial charge in [0.15, 0.2) is 0 Å². The topological polar surface area (TPSA) is 28.8 Å². The fourth-order valence-electron chi connectivity index (χ4n) is 2.59. The third-order valence-electron chi connectivity index (χ3n) is 3.71. The minimum Gasteiger partial charge on any atom is -0.347 e. The molecule has 0 saturated carbocycles. The molecule has 3 aromatic rings. The number of para-hydroxylation sites is 1. The summed E-state index contributed by atoms with van der Waals surface area (Å²) in [5, 5.41) is 9.64. The van der Waals surface area contributed by atoms with E-state index < -0.39 is 0 Å². The first-order chi connectivity index (χ1) is 9.20. The number of nitrogens with one attached hydrogen (secondary N) is 1. The summed E-state index contributed by atoms with van der Waals surface area (Å²) in [4.78, 5) is 0. The van der Waals surface area contributed by atoms with Crippen molar-refractivity contribution in [1.82, 2.24) is 4.57 Å². The minimum absolute atomic E-state index is 0.592. The molecule has 0 spiro atoms. The predicted molar refractivity (Wildman–Crippen MR) is 80.0 cm³/mol. The molecule has 2 nitrogen and oxygen atoms in total. The van der Waals surface area contributed by atoms with Crippen LogP contribution in [0.4, 0.5) is 0 Å². The monoisotopic (exact) mass is 248 g/mol. The molecule has 0 aliphatic carbocycles. The van der Waals surface area contributed by atoms with E-state index in [1.165, 1.54) is 5.52 Å². The van der Waals surface area contributed by atoms with E-state index in [1.807, 2.05) is 42.5 Å². The van der Waals surface area contributed by atoms with E-state index in [4.69, 9.17) is 5.41 Å². The highest BCUT2D eigenvalue weighted by Gasteiger charge is 2.16. The molecule has 0 aliphatic rings. The Labute approximate surface area is 112 Å². The Balaban J connectivity index is 2.26. The van der Waals surface area contributed by atoms with E-state index in [0.29, 0.717) is 5.71 Å². The maximum Gasteiger partial charge on any atom is 0.0708 e. The van der Waals surface area contributed by atoms with E-state index in [2.05, 4.69) is 30.7 Å². The van der Waals surface area contributed by atoms with E-state index in [9.17, 15) is 0 Å². The molecule has 2 aromatic carbocycles. The van der Waals surface area contributed by atoms with Crippen LogP contribution in [0.1, 0.15) is 16.8 Å². The lowest BCUT2D eigenvalue weighted by Gasteiger charge is -2.05. The molecule has 94 valence electrons. The molecule has 1 aromatic heterocycles. The lowest BCUT2D eigenvalue weighted by molar-refractivity contribution is 0.916. The van der Waals surface area contributed by atoms with E-state index in [-0.39, 0.29) is 0 Å². The zero-order valence-electron chi connectivity index (χ0n) is 11.1. The fraction of sp³-hybridized carbons (Fsp3) is 0.118. The summed E-state index contributed by atoms with van der Waals surface area (Å²) < 4.78 is 2.15. The quantitative estimate of drug-likeness (QED) is 0.666. The number of aromatic nitrogens is 1. The van der Waals surface area contributed by atoms with E-state index in [0.717, 1.165) is 22.2 Å². The zero-order chi connectivity index (χ0) is 13.4. The smallest absolute Gasteiger partial charge is 0.0708 e. The first kappa shape index (κ1) is 11.7. The molecule has 0 saturated heterocycles. The van der Waals surface area contributed by atoms with Gasteiger partial charge >= 0.3 is 0 Å². The standard InChI is InChI=1S/C17H16N2/c1-12-16(17(18)13-8-4-3-5-9-13)14-10-6-7-11-15(14)19(12)2/h3-11,18H,1-2H3. The van der Waals surface area contributed by atoms with Gasteiger partial charge < -0.3 is 4.57 Å². The van der Waals surface area contributed by atoms with Gasteiger partial charge in [0.05, 0.1) is 5.71 Å². The van der Waals surface area contributed by atoms with Crippen molar-refractivity contribution in [2.45, 2.75) is 6.92 Å². The molecule has 0 unspecified atom stereocenters. The lowest BCUT2D eigenvalue weighted by atomic mass is 10.00. The average Bonchev–Trinajstić information content (AvgIpc) is 2.72. The normalized spacial score (nSPS) is 10.8. The Morgan fingerprint density at radius 3 is 2.32 bits per heavy atom. The molecule has 0 radical (unpaired) electrons. The maximum atomic E-state index is 8.49. The highest BCUT2D eigenvalue weighted by molar-refractivity contribution is 6.18. The summed E-state index contributed by atoms with van der Waals surface area (Å²) in [6, 6.07) is 18.2. The van der Waals surface area contributed by atoms with Gasteiger partial charge in [-0.3, -0.25) is 5.41 Å². The van der Waals surface area contributed by atoms with Gasteiger partial charge in [-0.1, -0.05) is 48.5 Å². The highest BCUT2D eigenvalue weighted by atomic mass is 14.9. The molecule has 2 heteroatoms. The molecular formula is C17H16N2. The predicted octanol–water partition coefficient (Wildman–Crippen LogP) is 3.90. The highest BCUT2D eigenvalue weighted by Crippen LogP contribution is 2.26. The first-order valence-electron chi connectivity index (χ1n) is 6.38. The van der Waals surface area contributed by atoms with Gasteiger partial charge in [0.25, 0.3) is 0 Å². The van der Waals surface area contributed by atoms with Crippen LogP contribution in [0.2, 0.25) is 0 Å². The molecular weight excluding hydrogens is 232 g/mol. The maximum absolute atomic E-state index is 8.49. The second kappa shape index (κ2) is 4.39. The third-order valence-corrected chi connectivity index (χ3v) is 3.71. The molecule has 19 heavy (non-hydrogen) atoms. The van der Waals surface area contributed by atoms with Crippen LogP contribution in [-0.4, -0.2) is 10.3 Å². The van der Waals surface area contributed by atoms with Crippen LogP contribution in [0.15, 0.2) is 54.6 Å². The molecule has 0 aliphatic heterocycles. The summed E-state index contributed by atoms with van der Waals surface area (Å²) in [6.07, 6.45) is 0. The second-order valence-corrected chi connectivity index (χ2v) is 4.78. The summed E-state index contributed by atoms with van der Waals surface area (Å²) in [6.45, 7) is 2.08. The summed E-state index contributed by atoms with van der Waals surface area (Å²) in [5.41, 5.74) is 4.90. The van der Waals surface area contributed by atoms with Crippen molar-refractivity contribution in [2.75, 3.05) is 0 Å². The zero-order valence-corrected chi connectivity index (χ0v) is 11.1. The second-order valence-electron chi connectivity index (χ2n) is 4.78. The Morgan fingerprint density at radius 1 is 0.947 bits per heavy atom. The van der Waals surface area contributed by atoms with Gasteiger partial charge in [0, 0.05) is 34.8 Å². The van der Waals surface area contributed by atoms with Crippen molar-refractivity contribution < 1.29 is 0 Å². The number of hydrogen-bond donors (Lipinski definition) is 1. The van der Waals surface area contributed by atoms with Crippen LogP contribution in [0.3, 0.4) is 0 Å². The summed E-state index contributed by atoms with van der Waals surface area (Å²) in [5.74, 6) is 0. The summed E-state index contributed by atoms with van der Waals surface area (Å²) in [7, 11) is 2.06.